The smallest absolute Gasteiger partial charge is 0.247 e. The predicted octanol–water partition coefficient (Wildman–Crippen LogP) is 5.72. The number of amides is 1. The SMILES string of the molecule is C=CC(=O)Nc1ccc(Sc2nc(Cc3ccc(C)c(Br)c3)ncc2C)cc1. The average molecular weight is 454 g/mol. The molecule has 0 spiro atoms. The molecule has 0 unspecified atom stereocenters. The topological polar surface area (TPSA) is 54.9 Å². The van der Waals surface area contributed by atoms with Crippen LogP contribution in [-0.2, 0) is 11.2 Å². The van der Waals surface area contributed by atoms with Crippen molar-refractivity contribution in [1.82, 2.24) is 9.97 Å². The lowest BCUT2D eigenvalue weighted by molar-refractivity contribution is -0.111. The lowest BCUT2D eigenvalue weighted by atomic mass is 10.1. The second kappa shape index (κ2) is 9.17. The van der Waals surface area contributed by atoms with Crippen molar-refractivity contribution >= 4 is 39.3 Å². The van der Waals surface area contributed by atoms with Crippen molar-refractivity contribution in [3.8, 4) is 0 Å². The van der Waals surface area contributed by atoms with Gasteiger partial charge in [-0.25, -0.2) is 9.97 Å². The number of aromatic nitrogens is 2. The normalized spacial score (nSPS) is 10.5. The lowest BCUT2D eigenvalue weighted by Crippen LogP contribution is -2.06. The second-order valence-corrected chi connectivity index (χ2v) is 8.27. The van der Waals surface area contributed by atoms with Gasteiger partial charge < -0.3 is 5.32 Å². The molecule has 0 fully saturated rings. The van der Waals surface area contributed by atoms with Crippen LogP contribution in [0.4, 0.5) is 5.69 Å². The zero-order valence-corrected chi connectivity index (χ0v) is 18.1. The van der Waals surface area contributed by atoms with Crippen molar-refractivity contribution in [2.75, 3.05) is 5.32 Å². The van der Waals surface area contributed by atoms with E-state index >= 15 is 0 Å². The first-order valence-electron chi connectivity index (χ1n) is 8.73. The molecule has 1 heterocycles. The molecule has 3 aromatic rings. The Morgan fingerprint density at radius 3 is 2.61 bits per heavy atom. The number of nitrogens with one attached hydrogen (secondary N) is 1. The minimum atomic E-state index is -0.223. The second-order valence-electron chi connectivity index (χ2n) is 6.35. The fourth-order valence-electron chi connectivity index (χ4n) is 2.49. The van der Waals surface area contributed by atoms with Crippen molar-refractivity contribution in [2.24, 2.45) is 0 Å². The number of hydrogen-bond donors (Lipinski definition) is 1. The number of halogens is 1. The van der Waals surface area contributed by atoms with Gasteiger partial charge in [-0.2, -0.15) is 0 Å². The van der Waals surface area contributed by atoms with Crippen LogP contribution in [0.5, 0.6) is 0 Å². The maximum atomic E-state index is 11.4. The molecule has 1 amide bonds. The van der Waals surface area contributed by atoms with Gasteiger partial charge in [0.1, 0.15) is 10.9 Å². The van der Waals surface area contributed by atoms with E-state index in [0.717, 1.165) is 31.5 Å². The third kappa shape index (κ3) is 5.30. The standard InChI is InChI=1S/C22H20BrN3OS/c1-4-21(27)25-17-7-9-18(10-8-17)28-22-15(3)13-24-20(26-22)12-16-6-5-14(2)19(23)11-16/h4-11,13H,1,12H2,2-3H3,(H,25,27). The molecule has 0 aliphatic heterocycles. The van der Waals surface area contributed by atoms with Crippen molar-refractivity contribution < 1.29 is 4.79 Å². The molecule has 0 aliphatic rings. The fourth-order valence-corrected chi connectivity index (χ4v) is 3.78. The molecule has 0 aliphatic carbocycles. The van der Waals surface area contributed by atoms with Gasteiger partial charge in [-0.3, -0.25) is 4.79 Å². The average Bonchev–Trinajstić information content (AvgIpc) is 2.69. The van der Waals surface area contributed by atoms with Crippen LogP contribution >= 0.6 is 27.7 Å². The summed E-state index contributed by atoms with van der Waals surface area (Å²) in [6, 6.07) is 14.0. The predicted molar refractivity (Wildman–Crippen MR) is 118 cm³/mol. The molecule has 0 radical (unpaired) electrons. The largest absolute Gasteiger partial charge is 0.323 e. The molecule has 28 heavy (non-hydrogen) atoms. The molecule has 6 heteroatoms. The number of anilines is 1. The molecule has 1 N–H and O–H groups in total. The van der Waals surface area contributed by atoms with Crippen LogP contribution < -0.4 is 5.32 Å². The highest BCUT2D eigenvalue weighted by Gasteiger charge is 2.08. The van der Waals surface area contributed by atoms with Gasteiger partial charge in [-0.15, -0.1) is 0 Å². The minimum Gasteiger partial charge on any atom is -0.323 e. The summed E-state index contributed by atoms with van der Waals surface area (Å²) in [5.74, 6) is 0.568. The minimum absolute atomic E-state index is 0.223. The van der Waals surface area contributed by atoms with E-state index in [0.29, 0.717) is 6.42 Å². The number of aryl methyl sites for hydroxylation is 2. The lowest BCUT2D eigenvalue weighted by Gasteiger charge is -2.09. The Labute approximate surface area is 177 Å². The van der Waals surface area contributed by atoms with Crippen LogP contribution in [0.15, 0.2) is 75.7 Å². The summed E-state index contributed by atoms with van der Waals surface area (Å²) in [7, 11) is 0. The molecule has 0 saturated heterocycles. The van der Waals surface area contributed by atoms with Gasteiger partial charge in [0.05, 0.1) is 0 Å². The van der Waals surface area contributed by atoms with E-state index in [2.05, 4.69) is 57.9 Å². The number of carbonyl (C=O) groups is 1. The summed E-state index contributed by atoms with van der Waals surface area (Å²) in [5, 5.41) is 3.67. The highest BCUT2D eigenvalue weighted by Crippen LogP contribution is 2.29. The first-order chi connectivity index (χ1) is 13.4. The molecule has 0 bridgehead atoms. The van der Waals surface area contributed by atoms with Crippen LogP contribution in [-0.4, -0.2) is 15.9 Å². The molecule has 0 atom stereocenters. The van der Waals surface area contributed by atoms with E-state index in [1.165, 1.54) is 17.2 Å². The Bertz CT molecular complexity index is 1020. The number of hydrogen-bond acceptors (Lipinski definition) is 4. The third-order valence-corrected chi connectivity index (χ3v) is 6.06. The van der Waals surface area contributed by atoms with E-state index in [1.54, 1.807) is 11.8 Å². The van der Waals surface area contributed by atoms with Crippen LogP contribution in [0.1, 0.15) is 22.5 Å². The highest BCUT2D eigenvalue weighted by atomic mass is 79.9. The molecular weight excluding hydrogens is 434 g/mol. The van der Waals surface area contributed by atoms with E-state index in [4.69, 9.17) is 4.98 Å². The number of rotatable bonds is 6. The van der Waals surface area contributed by atoms with E-state index < -0.39 is 0 Å². The summed E-state index contributed by atoms with van der Waals surface area (Å²) in [6.07, 6.45) is 3.80. The Morgan fingerprint density at radius 2 is 1.93 bits per heavy atom. The Balaban J connectivity index is 1.75. The van der Waals surface area contributed by atoms with Crippen LogP contribution in [0.2, 0.25) is 0 Å². The molecule has 0 saturated carbocycles. The van der Waals surface area contributed by atoms with Crippen LogP contribution in [0.25, 0.3) is 0 Å². The van der Waals surface area contributed by atoms with Gasteiger partial charge >= 0.3 is 0 Å². The van der Waals surface area contributed by atoms with E-state index in [-0.39, 0.29) is 5.91 Å². The van der Waals surface area contributed by atoms with E-state index in [1.807, 2.05) is 37.4 Å². The van der Waals surface area contributed by atoms with Crippen molar-refractivity contribution in [3.05, 3.63) is 88.3 Å². The Kier molecular flexibility index (Phi) is 6.65. The molecule has 1 aromatic heterocycles. The van der Waals surface area contributed by atoms with Crippen molar-refractivity contribution in [3.63, 3.8) is 0 Å². The van der Waals surface area contributed by atoms with Gasteiger partial charge in [0.2, 0.25) is 5.91 Å². The first-order valence-corrected chi connectivity index (χ1v) is 10.3. The van der Waals surface area contributed by atoms with Gasteiger partial charge in [0, 0.05) is 27.7 Å². The molecule has 142 valence electrons. The summed E-state index contributed by atoms with van der Waals surface area (Å²) < 4.78 is 1.09. The zero-order valence-electron chi connectivity index (χ0n) is 15.7. The Morgan fingerprint density at radius 1 is 1.18 bits per heavy atom. The van der Waals surface area contributed by atoms with Gasteiger partial charge in [0.15, 0.2) is 0 Å². The summed E-state index contributed by atoms with van der Waals surface area (Å²) in [5.41, 5.74) is 4.14. The highest BCUT2D eigenvalue weighted by molar-refractivity contribution is 9.10. The first kappa shape index (κ1) is 20.3. The third-order valence-electron chi connectivity index (χ3n) is 4.10. The van der Waals surface area contributed by atoms with Crippen LogP contribution in [0, 0.1) is 13.8 Å². The van der Waals surface area contributed by atoms with Crippen molar-refractivity contribution in [2.45, 2.75) is 30.2 Å². The van der Waals surface area contributed by atoms with Crippen LogP contribution in [0.3, 0.4) is 0 Å². The quantitative estimate of drug-likeness (QED) is 0.382. The monoisotopic (exact) mass is 453 g/mol. The van der Waals surface area contributed by atoms with Gasteiger partial charge in [-0.05, 0) is 66.9 Å². The Hall–Kier alpha value is -2.44. The number of benzene rings is 2. The number of nitrogens with zero attached hydrogens (tertiary/aromatic N) is 2. The number of carbonyl (C=O) groups excluding carboxylic acids is 1. The van der Waals surface area contributed by atoms with Gasteiger partial charge in [-0.1, -0.05) is 46.4 Å². The summed E-state index contributed by atoms with van der Waals surface area (Å²) >= 11 is 5.16. The molecular formula is C22H20BrN3OS. The van der Waals surface area contributed by atoms with Gasteiger partial charge in [0.25, 0.3) is 0 Å². The summed E-state index contributed by atoms with van der Waals surface area (Å²) in [4.78, 5) is 21.7. The maximum absolute atomic E-state index is 11.4. The summed E-state index contributed by atoms with van der Waals surface area (Å²) in [6.45, 7) is 7.53. The van der Waals surface area contributed by atoms with Crippen molar-refractivity contribution in [1.29, 1.82) is 0 Å². The molecule has 2 aromatic carbocycles. The fraction of sp³-hybridized carbons (Fsp3) is 0.136. The van der Waals surface area contributed by atoms with E-state index in [9.17, 15) is 4.79 Å². The zero-order chi connectivity index (χ0) is 20.1. The molecule has 3 rings (SSSR count). The molecule has 4 nitrogen and oxygen atoms in total. The maximum Gasteiger partial charge on any atom is 0.247 e.